The van der Waals surface area contributed by atoms with Gasteiger partial charge in [0.25, 0.3) is 0 Å². The normalized spacial score (nSPS) is 26.6. The predicted octanol–water partition coefficient (Wildman–Crippen LogP) is 3.89. The molecule has 0 saturated carbocycles. The minimum absolute atomic E-state index is 0.543. The van der Waals surface area contributed by atoms with Crippen LogP contribution >= 0.6 is 11.3 Å². The fourth-order valence-corrected chi connectivity index (χ4v) is 4.30. The highest BCUT2D eigenvalue weighted by molar-refractivity contribution is 7.12. The van der Waals surface area contributed by atoms with Crippen LogP contribution in [-0.2, 0) is 0 Å². The van der Waals surface area contributed by atoms with Crippen molar-refractivity contribution in [1.82, 2.24) is 10.2 Å². The van der Waals surface area contributed by atoms with E-state index in [1.165, 1.54) is 34.7 Å². The molecule has 0 aliphatic carbocycles. The Kier molecular flexibility index (Phi) is 5.04. The summed E-state index contributed by atoms with van der Waals surface area (Å²) in [6.45, 7) is 13.8. The predicted molar refractivity (Wildman–Crippen MR) is 85.1 cm³/mol. The number of hydrogen-bond donors (Lipinski definition) is 1. The number of nitrogens with zero attached hydrogens (tertiary/aromatic N) is 1. The van der Waals surface area contributed by atoms with Crippen LogP contribution < -0.4 is 5.32 Å². The largest absolute Gasteiger partial charge is 0.311 e. The zero-order valence-corrected chi connectivity index (χ0v) is 13.8. The summed E-state index contributed by atoms with van der Waals surface area (Å²) >= 11 is 1.93. The van der Waals surface area contributed by atoms with E-state index in [1.54, 1.807) is 0 Å². The lowest BCUT2D eigenvalue weighted by Crippen LogP contribution is -2.55. The van der Waals surface area contributed by atoms with Gasteiger partial charge in [0.05, 0.1) is 0 Å². The molecule has 2 nitrogen and oxygen atoms in total. The van der Waals surface area contributed by atoms with Gasteiger partial charge in [0.1, 0.15) is 0 Å². The Bertz CT molecular complexity index is 413. The van der Waals surface area contributed by atoms with Crippen LogP contribution in [0.4, 0.5) is 0 Å². The third-order valence-corrected chi connectivity index (χ3v) is 5.35. The average molecular weight is 280 g/mol. The van der Waals surface area contributed by atoms with Crippen molar-refractivity contribution in [2.75, 3.05) is 13.1 Å². The second kappa shape index (κ2) is 6.38. The van der Waals surface area contributed by atoms with Crippen LogP contribution in [0.1, 0.15) is 55.0 Å². The second-order valence-corrected chi connectivity index (χ2v) is 7.44. The van der Waals surface area contributed by atoms with E-state index in [4.69, 9.17) is 0 Å². The van der Waals surface area contributed by atoms with Gasteiger partial charge in [-0.05, 0) is 45.7 Å². The lowest BCUT2D eigenvalue weighted by Gasteiger charge is -2.42. The fourth-order valence-electron chi connectivity index (χ4n) is 3.28. The monoisotopic (exact) mass is 280 g/mol. The van der Waals surface area contributed by atoms with Gasteiger partial charge >= 0.3 is 0 Å². The molecule has 1 aliphatic rings. The summed E-state index contributed by atoms with van der Waals surface area (Å²) in [5.74, 6) is 0. The van der Waals surface area contributed by atoms with Crippen molar-refractivity contribution < 1.29 is 0 Å². The molecule has 0 bridgehead atoms. The van der Waals surface area contributed by atoms with E-state index >= 15 is 0 Å². The van der Waals surface area contributed by atoms with Crippen molar-refractivity contribution in [3.05, 3.63) is 21.4 Å². The van der Waals surface area contributed by atoms with Gasteiger partial charge in [0.15, 0.2) is 0 Å². The van der Waals surface area contributed by atoms with Crippen LogP contribution in [0.5, 0.6) is 0 Å². The van der Waals surface area contributed by atoms with Crippen molar-refractivity contribution in [2.45, 2.75) is 65.6 Å². The highest BCUT2D eigenvalue weighted by Gasteiger charge is 2.29. The van der Waals surface area contributed by atoms with Gasteiger partial charge in [-0.3, -0.25) is 4.90 Å². The third-order valence-electron chi connectivity index (χ3n) is 4.36. The quantitative estimate of drug-likeness (QED) is 0.900. The van der Waals surface area contributed by atoms with Gasteiger partial charge < -0.3 is 5.32 Å². The first kappa shape index (κ1) is 15.0. The summed E-state index contributed by atoms with van der Waals surface area (Å²) in [4.78, 5) is 5.61. The molecule has 0 aromatic carbocycles. The maximum Gasteiger partial charge on any atom is 0.0334 e. The molecule has 1 aromatic heterocycles. The molecule has 3 atom stereocenters. The number of piperazine rings is 1. The van der Waals surface area contributed by atoms with E-state index in [0.717, 1.165) is 6.54 Å². The highest BCUT2D eigenvalue weighted by atomic mass is 32.1. The summed E-state index contributed by atoms with van der Waals surface area (Å²) in [6.07, 6.45) is 2.56. The summed E-state index contributed by atoms with van der Waals surface area (Å²) in [6, 6.07) is 4.22. The summed E-state index contributed by atoms with van der Waals surface area (Å²) < 4.78 is 0. The molecule has 1 N–H and O–H groups in total. The van der Waals surface area contributed by atoms with E-state index in [1.807, 2.05) is 11.3 Å². The number of aryl methyl sites for hydroxylation is 2. The molecular formula is C16H28N2S. The average Bonchev–Trinajstić information content (AvgIpc) is 2.70. The SMILES string of the molecule is CCCC1CN(C(C)c2cc(C)sc2C)C(C)CN1. The first-order chi connectivity index (χ1) is 9.02. The Morgan fingerprint density at radius 3 is 2.79 bits per heavy atom. The standard InChI is InChI=1S/C16H28N2S/c1-6-7-15-10-18(11(2)9-17-15)13(4)16-8-12(3)19-14(16)5/h8,11,13,15,17H,6-7,9-10H2,1-5H3. The molecule has 19 heavy (non-hydrogen) atoms. The van der Waals surface area contributed by atoms with Crippen LogP contribution in [0.25, 0.3) is 0 Å². The van der Waals surface area contributed by atoms with Crippen molar-refractivity contribution in [3.63, 3.8) is 0 Å². The molecule has 0 spiro atoms. The molecule has 1 fully saturated rings. The molecule has 0 radical (unpaired) electrons. The zero-order valence-electron chi connectivity index (χ0n) is 13.0. The molecule has 1 aliphatic heterocycles. The maximum absolute atomic E-state index is 3.69. The van der Waals surface area contributed by atoms with Crippen LogP contribution in [0.15, 0.2) is 6.07 Å². The molecule has 3 heteroatoms. The molecule has 0 amide bonds. The van der Waals surface area contributed by atoms with Crippen LogP contribution in [0.3, 0.4) is 0 Å². The van der Waals surface area contributed by atoms with Gasteiger partial charge in [-0.2, -0.15) is 0 Å². The smallest absolute Gasteiger partial charge is 0.0334 e. The van der Waals surface area contributed by atoms with E-state index in [9.17, 15) is 0 Å². The number of thiophene rings is 1. The minimum Gasteiger partial charge on any atom is -0.311 e. The highest BCUT2D eigenvalue weighted by Crippen LogP contribution is 2.32. The van der Waals surface area contributed by atoms with Crippen LogP contribution in [-0.4, -0.2) is 30.1 Å². The molecule has 108 valence electrons. The lowest BCUT2D eigenvalue weighted by molar-refractivity contribution is 0.0958. The van der Waals surface area contributed by atoms with Gasteiger partial charge in [0, 0.05) is 41.0 Å². The fraction of sp³-hybridized carbons (Fsp3) is 0.750. The van der Waals surface area contributed by atoms with Crippen LogP contribution in [0.2, 0.25) is 0 Å². The van der Waals surface area contributed by atoms with E-state index < -0.39 is 0 Å². The number of nitrogens with one attached hydrogen (secondary N) is 1. The lowest BCUT2D eigenvalue weighted by atomic mass is 10.0. The minimum atomic E-state index is 0.543. The topological polar surface area (TPSA) is 15.3 Å². The molecule has 2 rings (SSSR count). The summed E-state index contributed by atoms with van der Waals surface area (Å²) in [7, 11) is 0. The van der Waals surface area contributed by atoms with Crippen LogP contribution in [0, 0.1) is 13.8 Å². The van der Waals surface area contributed by atoms with Crippen molar-refractivity contribution >= 4 is 11.3 Å². The van der Waals surface area contributed by atoms with E-state index in [0.29, 0.717) is 18.1 Å². The summed E-state index contributed by atoms with van der Waals surface area (Å²) in [5, 5.41) is 3.69. The molecule has 1 saturated heterocycles. The van der Waals surface area contributed by atoms with Crippen molar-refractivity contribution in [1.29, 1.82) is 0 Å². The second-order valence-electron chi connectivity index (χ2n) is 5.98. The molecule has 3 unspecified atom stereocenters. The van der Waals surface area contributed by atoms with Crippen molar-refractivity contribution in [2.24, 2.45) is 0 Å². The number of rotatable bonds is 4. The molecule has 1 aromatic rings. The van der Waals surface area contributed by atoms with Gasteiger partial charge in [-0.25, -0.2) is 0 Å². The van der Waals surface area contributed by atoms with Gasteiger partial charge in [0.2, 0.25) is 0 Å². The zero-order chi connectivity index (χ0) is 14.0. The molecular weight excluding hydrogens is 252 g/mol. The number of hydrogen-bond acceptors (Lipinski definition) is 3. The Morgan fingerprint density at radius 1 is 1.47 bits per heavy atom. The van der Waals surface area contributed by atoms with Gasteiger partial charge in [-0.15, -0.1) is 11.3 Å². The Morgan fingerprint density at radius 2 is 2.21 bits per heavy atom. The summed E-state index contributed by atoms with van der Waals surface area (Å²) in [5.41, 5.74) is 1.53. The Labute approximate surface area is 122 Å². The maximum atomic E-state index is 3.69. The Hall–Kier alpha value is -0.380. The van der Waals surface area contributed by atoms with E-state index in [-0.39, 0.29) is 0 Å². The molecule has 2 heterocycles. The van der Waals surface area contributed by atoms with Gasteiger partial charge in [-0.1, -0.05) is 13.3 Å². The van der Waals surface area contributed by atoms with Crippen molar-refractivity contribution in [3.8, 4) is 0 Å². The van der Waals surface area contributed by atoms with E-state index in [2.05, 4.69) is 50.9 Å². The first-order valence-electron chi connectivity index (χ1n) is 7.59. The third kappa shape index (κ3) is 3.39. The first-order valence-corrected chi connectivity index (χ1v) is 8.40. The Balaban J connectivity index is 2.12.